The van der Waals surface area contributed by atoms with Gasteiger partial charge < -0.3 is 9.47 Å². The number of rotatable bonds is 6. The second-order valence-corrected chi connectivity index (χ2v) is 6.23. The van der Waals surface area contributed by atoms with Crippen LogP contribution in [0.4, 0.5) is 0 Å². The number of hydrogen-bond acceptors (Lipinski definition) is 1. The van der Waals surface area contributed by atoms with E-state index in [-0.39, 0.29) is 0 Å². The summed E-state index contributed by atoms with van der Waals surface area (Å²) in [6, 6.07) is 19.7. The summed E-state index contributed by atoms with van der Waals surface area (Å²) in [5.74, 6) is 0. The maximum absolute atomic E-state index is 2.36. The minimum absolute atomic E-state index is 0.936. The molecule has 0 aliphatic rings. The van der Waals surface area contributed by atoms with Crippen molar-refractivity contribution in [2.75, 3.05) is 20.6 Å². The number of aryl methyl sites for hydroxylation is 1. The molecule has 0 N–H and O–H groups in total. The predicted molar refractivity (Wildman–Crippen MR) is 94.4 cm³/mol. The number of fused-ring (bicyclic) bond motifs is 1. The molecule has 22 heavy (non-hydrogen) atoms. The summed E-state index contributed by atoms with van der Waals surface area (Å²) in [5, 5.41) is 1.33. The van der Waals surface area contributed by atoms with Gasteiger partial charge in [0.2, 0.25) is 0 Å². The monoisotopic (exact) mass is 292 g/mol. The van der Waals surface area contributed by atoms with Gasteiger partial charge in [-0.3, -0.25) is 0 Å². The molecule has 114 valence electrons. The average Bonchev–Trinajstić information content (AvgIpc) is 2.91. The number of nitrogens with zero attached hydrogens (tertiary/aromatic N) is 2. The third kappa shape index (κ3) is 3.58. The van der Waals surface area contributed by atoms with E-state index in [0.717, 1.165) is 19.5 Å². The summed E-state index contributed by atoms with van der Waals surface area (Å²) in [4.78, 5) is 2.25. The molecule has 3 aromatic rings. The van der Waals surface area contributed by atoms with Crippen molar-refractivity contribution >= 4 is 10.9 Å². The van der Waals surface area contributed by atoms with Gasteiger partial charge in [-0.15, -0.1) is 0 Å². The van der Waals surface area contributed by atoms with Gasteiger partial charge in [0.1, 0.15) is 0 Å². The lowest BCUT2D eigenvalue weighted by Gasteiger charge is -2.10. The van der Waals surface area contributed by atoms with E-state index in [0.29, 0.717) is 0 Å². The van der Waals surface area contributed by atoms with Crippen LogP contribution in [0.5, 0.6) is 0 Å². The molecule has 1 aromatic heterocycles. The maximum Gasteiger partial charge on any atom is 0.0486 e. The van der Waals surface area contributed by atoms with Gasteiger partial charge >= 0.3 is 0 Å². The van der Waals surface area contributed by atoms with Gasteiger partial charge in [-0.25, -0.2) is 0 Å². The van der Waals surface area contributed by atoms with Crippen LogP contribution >= 0.6 is 0 Å². The van der Waals surface area contributed by atoms with Crippen molar-refractivity contribution in [3.8, 4) is 0 Å². The molecule has 0 saturated carbocycles. The third-order valence-corrected chi connectivity index (χ3v) is 4.10. The molecule has 0 aliphatic heterocycles. The van der Waals surface area contributed by atoms with Gasteiger partial charge in [0.05, 0.1) is 0 Å². The molecule has 0 saturated heterocycles. The Morgan fingerprint density at radius 3 is 2.50 bits per heavy atom. The van der Waals surface area contributed by atoms with Crippen molar-refractivity contribution in [3.63, 3.8) is 0 Å². The van der Waals surface area contributed by atoms with Crippen molar-refractivity contribution in [2.45, 2.75) is 19.4 Å². The zero-order valence-corrected chi connectivity index (χ0v) is 13.5. The molecule has 0 fully saturated rings. The molecule has 1 heterocycles. The molecule has 0 bridgehead atoms. The summed E-state index contributed by atoms with van der Waals surface area (Å²) in [7, 11) is 4.27. The molecule has 0 radical (unpaired) electrons. The van der Waals surface area contributed by atoms with Gasteiger partial charge in [-0.1, -0.05) is 42.5 Å². The first-order chi connectivity index (χ1) is 10.7. The van der Waals surface area contributed by atoms with Crippen LogP contribution in [-0.4, -0.2) is 30.1 Å². The van der Waals surface area contributed by atoms with Crippen LogP contribution in [0, 0.1) is 0 Å². The fraction of sp³-hybridized carbons (Fsp3) is 0.300. The van der Waals surface area contributed by atoms with Gasteiger partial charge in [0.25, 0.3) is 0 Å². The van der Waals surface area contributed by atoms with E-state index in [1.54, 1.807) is 0 Å². The van der Waals surface area contributed by atoms with E-state index >= 15 is 0 Å². The van der Waals surface area contributed by atoms with Gasteiger partial charge in [0, 0.05) is 18.3 Å². The van der Waals surface area contributed by atoms with Crippen LogP contribution in [0.1, 0.15) is 17.5 Å². The smallest absolute Gasteiger partial charge is 0.0486 e. The summed E-state index contributed by atoms with van der Waals surface area (Å²) < 4.78 is 2.35. The lowest BCUT2D eigenvalue weighted by molar-refractivity contribution is 0.400. The Labute approximate surface area is 133 Å². The Bertz CT molecular complexity index is 726. The van der Waals surface area contributed by atoms with Crippen molar-refractivity contribution in [1.82, 2.24) is 9.47 Å². The molecule has 0 aliphatic carbocycles. The summed E-state index contributed by atoms with van der Waals surface area (Å²) in [6.45, 7) is 2.08. The van der Waals surface area contributed by atoms with E-state index in [2.05, 4.69) is 84.4 Å². The molecule has 0 atom stereocenters. The molecule has 2 aromatic carbocycles. The fourth-order valence-corrected chi connectivity index (χ4v) is 2.90. The Morgan fingerprint density at radius 1 is 0.909 bits per heavy atom. The first-order valence-corrected chi connectivity index (χ1v) is 7.99. The normalized spacial score (nSPS) is 11.4. The number of hydrogen-bond donors (Lipinski definition) is 0. The molecule has 3 rings (SSSR count). The maximum atomic E-state index is 2.36. The van der Waals surface area contributed by atoms with Crippen LogP contribution < -0.4 is 0 Å². The molecule has 2 nitrogen and oxygen atoms in total. The Hall–Kier alpha value is -2.06. The minimum atomic E-state index is 0.936. The molecule has 0 amide bonds. The van der Waals surface area contributed by atoms with E-state index < -0.39 is 0 Å². The largest absolute Gasteiger partial charge is 0.343 e. The lowest BCUT2D eigenvalue weighted by atomic mass is 10.1. The van der Waals surface area contributed by atoms with Gasteiger partial charge in [-0.2, -0.15) is 0 Å². The zero-order chi connectivity index (χ0) is 15.4. The average molecular weight is 292 g/mol. The predicted octanol–water partition coefficient (Wildman–Crippen LogP) is 4.18. The van der Waals surface area contributed by atoms with E-state index in [1.807, 2.05) is 0 Å². The SMILES string of the molecule is CN(C)CCCc1ccc2ccn(Cc3ccccc3)c2c1. The van der Waals surface area contributed by atoms with Crippen molar-refractivity contribution in [2.24, 2.45) is 0 Å². The van der Waals surface area contributed by atoms with Crippen LogP contribution in [0.15, 0.2) is 60.8 Å². The molecular formula is C20H24N2. The quantitative estimate of drug-likeness (QED) is 0.661. The van der Waals surface area contributed by atoms with Crippen LogP contribution in [0.3, 0.4) is 0 Å². The Morgan fingerprint density at radius 2 is 1.73 bits per heavy atom. The second kappa shape index (κ2) is 6.80. The topological polar surface area (TPSA) is 8.17 Å². The van der Waals surface area contributed by atoms with E-state index in [9.17, 15) is 0 Å². The Kier molecular flexibility index (Phi) is 4.59. The van der Waals surface area contributed by atoms with E-state index in [1.165, 1.54) is 28.5 Å². The van der Waals surface area contributed by atoms with Crippen LogP contribution in [-0.2, 0) is 13.0 Å². The summed E-state index contributed by atoms with van der Waals surface area (Å²) >= 11 is 0. The number of benzene rings is 2. The van der Waals surface area contributed by atoms with Crippen LogP contribution in [0.2, 0.25) is 0 Å². The molecule has 2 heteroatoms. The highest BCUT2D eigenvalue weighted by molar-refractivity contribution is 5.81. The molecular weight excluding hydrogens is 268 g/mol. The summed E-state index contributed by atoms with van der Waals surface area (Å²) in [5.41, 5.74) is 4.12. The third-order valence-electron chi connectivity index (χ3n) is 4.10. The van der Waals surface area contributed by atoms with Gasteiger partial charge in [0.15, 0.2) is 0 Å². The lowest BCUT2D eigenvalue weighted by Crippen LogP contribution is -2.13. The van der Waals surface area contributed by atoms with Crippen molar-refractivity contribution in [3.05, 3.63) is 71.9 Å². The first kappa shape index (κ1) is 14.9. The van der Waals surface area contributed by atoms with Crippen molar-refractivity contribution in [1.29, 1.82) is 0 Å². The van der Waals surface area contributed by atoms with Crippen molar-refractivity contribution < 1.29 is 0 Å². The van der Waals surface area contributed by atoms with E-state index in [4.69, 9.17) is 0 Å². The first-order valence-electron chi connectivity index (χ1n) is 7.99. The highest BCUT2D eigenvalue weighted by atomic mass is 15.0. The summed E-state index contributed by atoms with van der Waals surface area (Å²) in [6.07, 6.45) is 4.55. The van der Waals surface area contributed by atoms with Crippen LogP contribution in [0.25, 0.3) is 10.9 Å². The standard InChI is InChI=1S/C20H24N2/c1-21(2)13-6-9-17-10-11-19-12-14-22(20(19)15-17)16-18-7-4-3-5-8-18/h3-5,7-8,10-12,14-15H,6,9,13,16H2,1-2H3. The van der Waals surface area contributed by atoms with Gasteiger partial charge in [-0.05, 0) is 62.1 Å². The minimum Gasteiger partial charge on any atom is -0.343 e. The number of aromatic nitrogens is 1. The highest BCUT2D eigenvalue weighted by Crippen LogP contribution is 2.20. The fourth-order valence-electron chi connectivity index (χ4n) is 2.90. The highest BCUT2D eigenvalue weighted by Gasteiger charge is 2.04. The Balaban J connectivity index is 1.79. The zero-order valence-electron chi connectivity index (χ0n) is 13.5. The second-order valence-electron chi connectivity index (χ2n) is 6.23. The molecule has 0 unspecified atom stereocenters. The molecule has 0 spiro atoms.